The summed E-state index contributed by atoms with van der Waals surface area (Å²) in [4.78, 5) is 28.2. The van der Waals surface area contributed by atoms with E-state index in [9.17, 15) is 9.59 Å². The van der Waals surface area contributed by atoms with E-state index in [4.69, 9.17) is 5.73 Å². The van der Waals surface area contributed by atoms with Gasteiger partial charge in [-0.05, 0) is 67.8 Å². The maximum atomic E-state index is 12.5. The Morgan fingerprint density at radius 3 is 2.59 bits per heavy atom. The minimum atomic E-state index is -0.433. The largest absolute Gasteiger partial charge is 0.366 e. The van der Waals surface area contributed by atoms with Crippen LogP contribution in [0.2, 0.25) is 0 Å². The molecule has 2 aromatic carbocycles. The van der Waals surface area contributed by atoms with Crippen LogP contribution in [0.1, 0.15) is 33.6 Å². The Hall–Kier alpha value is -2.31. The first kappa shape index (κ1) is 18.1. The minimum absolute atomic E-state index is 0.00484. The number of amides is 2. The molecule has 0 saturated carbocycles. The second-order valence-corrected chi connectivity index (χ2v) is 8.49. The van der Waals surface area contributed by atoms with Crippen LogP contribution in [0.15, 0.2) is 58.3 Å². The summed E-state index contributed by atoms with van der Waals surface area (Å²) in [7, 11) is 0. The number of nitrogens with one attached hydrogen (secondary N) is 1. The second-order valence-electron chi connectivity index (χ2n) is 7.34. The molecule has 2 aromatic rings. The SMILES string of the molecule is NC(=O)c1cccc(Sc2ccc(C(=O)N[C@@H]3C[C@@H]4CCN(C4)C3)cc2)c1. The van der Waals surface area contributed by atoms with Gasteiger partial charge in [0.05, 0.1) is 0 Å². The lowest BCUT2D eigenvalue weighted by Crippen LogP contribution is -2.47. The molecule has 3 atom stereocenters. The number of piperidine rings is 1. The molecule has 0 radical (unpaired) electrons. The zero-order valence-corrected chi connectivity index (χ0v) is 15.9. The molecule has 2 aliphatic heterocycles. The van der Waals surface area contributed by atoms with Crippen molar-refractivity contribution in [1.82, 2.24) is 10.2 Å². The molecule has 140 valence electrons. The van der Waals surface area contributed by atoms with Crippen LogP contribution in [-0.2, 0) is 0 Å². The van der Waals surface area contributed by atoms with Gasteiger partial charge in [-0.25, -0.2) is 0 Å². The Kier molecular flexibility index (Phi) is 5.18. The Labute approximate surface area is 163 Å². The maximum Gasteiger partial charge on any atom is 0.251 e. The molecule has 3 N–H and O–H groups in total. The highest BCUT2D eigenvalue weighted by molar-refractivity contribution is 7.99. The number of carbonyl (C=O) groups excluding carboxylic acids is 2. The minimum Gasteiger partial charge on any atom is -0.366 e. The normalized spacial score (nSPS) is 23.8. The van der Waals surface area contributed by atoms with Crippen molar-refractivity contribution in [3.63, 3.8) is 0 Å². The molecule has 6 heteroatoms. The molecule has 0 aromatic heterocycles. The first-order valence-corrected chi connectivity index (χ1v) is 10.1. The molecule has 2 amide bonds. The maximum absolute atomic E-state index is 12.5. The van der Waals surface area contributed by atoms with E-state index in [-0.39, 0.29) is 11.9 Å². The third-order valence-electron chi connectivity index (χ3n) is 5.27. The smallest absolute Gasteiger partial charge is 0.251 e. The van der Waals surface area contributed by atoms with Gasteiger partial charge >= 0.3 is 0 Å². The van der Waals surface area contributed by atoms with Crippen LogP contribution < -0.4 is 11.1 Å². The fourth-order valence-corrected chi connectivity index (χ4v) is 4.83. The highest BCUT2D eigenvalue weighted by Crippen LogP contribution is 2.29. The number of fused-ring (bicyclic) bond motifs is 2. The van der Waals surface area contributed by atoms with Gasteiger partial charge in [0.15, 0.2) is 0 Å². The molecule has 2 heterocycles. The predicted octanol–water partition coefficient (Wildman–Crippen LogP) is 2.76. The highest BCUT2D eigenvalue weighted by Gasteiger charge is 2.32. The van der Waals surface area contributed by atoms with Crippen molar-refractivity contribution in [2.24, 2.45) is 11.7 Å². The van der Waals surface area contributed by atoms with Crippen molar-refractivity contribution in [3.05, 3.63) is 59.7 Å². The van der Waals surface area contributed by atoms with Crippen LogP contribution >= 0.6 is 11.8 Å². The van der Waals surface area contributed by atoms with E-state index in [1.54, 1.807) is 12.1 Å². The summed E-state index contributed by atoms with van der Waals surface area (Å²) >= 11 is 1.54. The van der Waals surface area contributed by atoms with E-state index in [2.05, 4.69) is 10.2 Å². The van der Waals surface area contributed by atoms with Crippen molar-refractivity contribution in [2.75, 3.05) is 19.6 Å². The number of rotatable bonds is 5. The van der Waals surface area contributed by atoms with Crippen molar-refractivity contribution in [2.45, 2.75) is 28.7 Å². The van der Waals surface area contributed by atoms with Crippen LogP contribution in [-0.4, -0.2) is 42.4 Å². The van der Waals surface area contributed by atoms with E-state index < -0.39 is 5.91 Å². The van der Waals surface area contributed by atoms with Crippen molar-refractivity contribution in [3.8, 4) is 0 Å². The third kappa shape index (κ3) is 4.34. The Morgan fingerprint density at radius 2 is 1.85 bits per heavy atom. The summed E-state index contributed by atoms with van der Waals surface area (Å²) in [6.07, 6.45) is 2.35. The molecule has 2 aliphatic rings. The first-order valence-electron chi connectivity index (χ1n) is 9.28. The molecule has 0 spiro atoms. The Bertz CT molecular complexity index is 841. The molecule has 2 fully saturated rings. The highest BCUT2D eigenvalue weighted by atomic mass is 32.2. The first-order chi connectivity index (χ1) is 13.1. The molecule has 27 heavy (non-hydrogen) atoms. The van der Waals surface area contributed by atoms with Gasteiger partial charge in [-0.2, -0.15) is 0 Å². The van der Waals surface area contributed by atoms with E-state index in [0.29, 0.717) is 11.1 Å². The molecular formula is C21H23N3O2S. The van der Waals surface area contributed by atoms with Gasteiger partial charge in [-0.15, -0.1) is 0 Å². The number of hydrogen-bond acceptors (Lipinski definition) is 4. The van der Waals surface area contributed by atoms with Crippen LogP contribution in [0.5, 0.6) is 0 Å². The summed E-state index contributed by atoms with van der Waals surface area (Å²) in [6.45, 7) is 3.32. The van der Waals surface area contributed by atoms with Crippen LogP contribution in [0, 0.1) is 5.92 Å². The molecule has 2 bridgehead atoms. The standard InChI is InChI=1S/C21H23N3O2S/c22-20(25)16-2-1-3-19(11-16)27-18-6-4-15(5-7-18)21(26)23-17-10-14-8-9-24(12-14)13-17/h1-7,11,14,17H,8-10,12-13H2,(H2,22,25)(H,23,26)/t14-,17+/m0/s1. The number of primary amides is 1. The number of nitrogens with two attached hydrogens (primary N) is 1. The monoisotopic (exact) mass is 381 g/mol. The number of hydrogen-bond donors (Lipinski definition) is 2. The zero-order valence-electron chi connectivity index (χ0n) is 15.1. The summed E-state index contributed by atoms with van der Waals surface area (Å²) in [5.41, 5.74) is 6.50. The van der Waals surface area contributed by atoms with Gasteiger partial charge in [0.2, 0.25) is 5.91 Å². The van der Waals surface area contributed by atoms with E-state index in [1.807, 2.05) is 36.4 Å². The summed E-state index contributed by atoms with van der Waals surface area (Å²) in [6, 6.07) is 15.1. The fourth-order valence-electron chi connectivity index (χ4n) is 3.96. The third-order valence-corrected chi connectivity index (χ3v) is 6.27. The lowest BCUT2D eigenvalue weighted by molar-refractivity contribution is 0.0908. The lowest BCUT2D eigenvalue weighted by atomic mass is 9.96. The molecule has 0 aliphatic carbocycles. The van der Waals surface area contributed by atoms with Crippen molar-refractivity contribution >= 4 is 23.6 Å². The van der Waals surface area contributed by atoms with Gasteiger partial charge in [0.25, 0.3) is 5.91 Å². The van der Waals surface area contributed by atoms with E-state index >= 15 is 0 Å². The molecule has 4 rings (SSSR count). The average Bonchev–Trinajstić information content (AvgIpc) is 3.01. The average molecular weight is 382 g/mol. The van der Waals surface area contributed by atoms with Gasteiger partial charge in [-0.3, -0.25) is 9.59 Å². The number of benzene rings is 2. The Morgan fingerprint density at radius 1 is 1.04 bits per heavy atom. The van der Waals surface area contributed by atoms with Crippen molar-refractivity contribution in [1.29, 1.82) is 0 Å². The van der Waals surface area contributed by atoms with Crippen LogP contribution in [0.4, 0.5) is 0 Å². The molecule has 1 unspecified atom stereocenters. The lowest BCUT2D eigenvalue weighted by Gasteiger charge is -2.30. The second kappa shape index (κ2) is 7.74. The van der Waals surface area contributed by atoms with Crippen LogP contribution in [0.25, 0.3) is 0 Å². The van der Waals surface area contributed by atoms with Gasteiger partial charge < -0.3 is 16.0 Å². The summed E-state index contributed by atoms with van der Waals surface area (Å²) in [5.74, 6) is 0.297. The summed E-state index contributed by atoms with van der Waals surface area (Å²) < 4.78 is 0. The molecular weight excluding hydrogens is 358 g/mol. The quantitative estimate of drug-likeness (QED) is 0.835. The number of carbonyl (C=O) groups is 2. The van der Waals surface area contributed by atoms with Crippen LogP contribution in [0.3, 0.4) is 0 Å². The molecule has 5 nitrogen and oxygen atoms in total. The van der Waals surface area contributed by atoms with E-state index in [1.165, 1.54) is 31.3 Å². The fraction of sp³-hybridized carbons (Fsp3) is 0.333. The molecule has 2 saturated heterocycles. The predicted molar refractivity (Wildman–Crippen MR) is 106 cm³/mol. The number of nitrogens with zero attached hydrogens (tertiary/aromatic N) is 1. The van der Waals surface area contributed by atoms with Gasteiger partial charge in [0.1, 0.15) is 0 Å². The zero-order chi connectivity index (χ0) is 18.8. The topological polar surface area (TPSA) is 75.4 Å². The van der Waals surface area contributed by atoms with E-state index in [0.717, 1.165) is 28.7 Å². The van der Waals surface area contributed by atoms with Crippen molar-refractivity contribution < 1.29 is 9.59 Å². The Balaban J connectivity index is 1.37. The van der Waals surface area contributed by atoms with Gasteiger partial charge in [-0.1, -0.05) is 17.8 Å². The van der Waals surface area contributed by atoms with Gasteiger partial charge in [0, 0.05) is 40.0 Å². The summed E-state index contributed by atoms with van der Waals surface area (Å²) in [5, 5.41) is 3.19.